The Morgan fingerprint density at radius 1 is 0.711 bits per heavy atom. The molecule has 0 saturated heterocycles. The van der Waals surface area contributed by atoms with Crippen LogP contribution in [0.3, 0.4) is 0 Å². The third kappa shape index (κ3) is 6.86. The highest BCUT2D eigenvalue weighted by atomic mass is 79.9. The van der Waals surface area contributed by atoms with E-state index in [-0.39, 0.29) is 23.5 Å². The first kappa shape index (κ1) is 29.0. The molecule has 5 nitrogen and oxygen atoms in total. The van der Waals surface area contributed by atoms with Crippen LogP contribution >= 0.6 is 15.9 Å². The van der Waals surface area contributed by atoms with Crippen LogP contribution in [0.5, 0.6) is 11.8 Å². The van der Waals surface area contributed by atoms with Gasteiger partial charge in [-0.2, -0.15) is 0 Å². The molecule has 0 aliphatic rings. The highest BCUT2D eigenvalue weighted by molar-refractivity contribution is 9.10. The van der Waals surface area contributed by atoms with Crippen LogP contribution in [0.1, 0.15) is 50.7 Å². The van der Waals surface area contributed by atoms with Crippen molar-refractivity contribution in [3.63, 3.8) is 0 Å². The number of methoxy groups -OCH3 is 2. The molecule has 8 heteroatoms. The molecule has 2 aromatic carbocycles. The maximum Gasteiger partial charge on any atom is 0.213 e. The van der Waals surface area contributed by atoms with Crippen LogP contribution in [-0.4, -0.2) is 24.2 Å². The Hall–Kier alpha value is -3.52. The zero-order valence-corrected chi connectivity index (χ0v) is 23.9. The van der Waals surface area contributed by atoms with Gasteiger partial charge in [0.25, 0.3) is 0 Å². The number of rotatable bonds is 6. The Labute approximate surface area is 231 Å². The Kier molecular flexibility index (Phi) is 9.80. The minimum absolute atomic E-state index is 0.165. The molecule has 200 valence electrons. The number of benzene rings is 2. The molecule has 0 aliphatic carbocycles. The van der Waals surface area contributed by atoms with Gasteiger partial charge in [-0.25, -0.2) is 18.7 Å². The number of nitrogens with zero attached hydrogens (tertiary/aromatic N) is 2. The summed E-state index contributed by atoms with van der Waals surface area (Å²) in [6.45, 7) is 8.05. The number of hydrogen-bond donors (Lipinski definition) is 1. The molecule has 0 atom stereocenters. The number of anilines is 1. The topological polar surface area (TPSA) is 70.3 Å². The van der Waals surface area contributed by atoms with Crippen LogP contribution in [0, 0.1) is 11.6 Å². The molecule has 0 fully saturated rings. The predicted octanol–water partition coefficient (Wildman–Crippen LogP) is 8.38. The van der Waals surface area contributed by atoms with E-state index < -0.39 is 0 Å². The molecule has 4 aromatic rings. The Morgan fingerprint density at radius 3 is 1.63 bits per heavy atom. The fourth-order valence-electron chi connectivity index (χ4n) is 3.97. The van der Waals surface area contributed by atoms with Crippen molar-refractivity contribution < 1.29 is 18.3 Å². The first-order valence-electron chi connectivity index (χ1n) is 12.1. The van der Waals surface area contributed by atoms with Gasteiger partial charge in [0.15, 0.2) is 0 Å². The third-order valence-corrected chi connectivity index (χ3v) is 6.88. The summed E-state index contributed by atoms with van der Waals surface area (Å²) in [5.74, 6) is 0.874. The van der Waals surface area contributed by atoms with Crippen molar-refractivity contribution in [3.8, 4) is 34.0 Å². The number of pyridine rings is 2. The third-order valence-electron chi connectivity index (χ3n) is 6.00. The Bertz CT molecular complexity index is 1300. The van der Waals surface area contributed by atoms with Crippen molar-refractivity contribution in [2.24, 2.45) is 0 Å². The van der Waals surface area contributed by atoms with Gasteiger partial charge in [-0.15, -0.1) is 0 Å². The molecule has 2 N–H and O–H groups in total. The second-order valence-electron chi connectivity index (χ2n) is 9.30. The van der Waals surface area contributed by atoms with E-state index in [1.54, 1.807) is 50.9 Å². The summed E-state index contributed by atoms with van der Waals surface area (Å²) in [4.78, 5) is 8.10. The van der Waals surface area contributed by atoms with E-state index in [2.05, 4.69) is 25.9 Å². The van der Waals surface area contributed by atoms with Crippen molar-refractivity contribution in [1.29, 1.82) is 0 Å². The molecular weight excluding hydrogens is 552 g/mol. The molecule has 0 unspecified atom stereocenters. The number of ether oxygens (including phenoxy) is 2. The molecule has 0 aliphatic heterocycles. The minimum Gasteiger partial charge on any atom is -0.481 e. The lowest BCUT2D eigenvalue weighted by molar-refractivity contribution is 0.398. The van der Waals surface area contributed by atoms with Gasteiger partial charge in [-0.05, 0) is 92.0 Å². The van der Waals surface area contributed by atoms with Gasteiger partial charge in [0.1, 0.15) is 11.6 Å². The molecular formula is C30H32BrF2N3O2. The lowest BCUT2D eigenvalue weighted by atomic mass is 9.95. The lowest BCUT2D eigenvalue weighted by Gasteiger charge is -2.14. The minimum atomic E-state index is -0.288. The van der Waals surface area contributed by atoms with E-state index in [9.17, 15) is 8.78 Å². The van der Waals surface area contributed by atoms with Crippen LogP contribution in [-0.2, 0) is 0 Å². The smallest absolute Gasteiger partial charge is 0.213 e. The van der Waals surface area contributed by atoms with Gasteiger partial charge in [0.2, 0.25) is 11.8 Å². The monoisotopic (exact) mass is 583 g/mol. The second-order valence-corrected chi connectivity index (χ2v) is 10.1. The molecule has 0 spiro atoms. The fourth-order valence-corrected chi connectivity index (χ4v) is 4.89. The van der Waals surface area contributed by atoms with Crippen molar-refractivity contribution in [2.75, 3.05) is 20.0 Å². The summed E-state index contributed by atoms with van der Waals surface area (Å²) in [6.07, 6.45) is 3.27. The van der Waals surface area contributed by atoms with Crippen molar-refractivity contribution in [3.05, 3.63) is 88.2 Å². The van der Waals surface area contributed by atoms with Crippen LogP contribution in [0.2, 0.25) is 0 Å². The van der Waals surface area contributed by atoms with Gasteiger partial charge in [-0.1, -0.05) is 27.7 Å². The van der Waals surface area contributed by atoms with E-state index >= 15 is 0 Å². The zero-order valence-electron chi connectivity index (χ0n) is 22.4. The molecule has 2 aromatic heterocycles. The summed E-state index contributed by atoms with van der Waals surface area (Å²) in [5, 5.41) is 0. The van der Waals surface area contributed by atoms with E-state index in [0.29, 0.717) is 23.0 Å². The lowest BCUT2D eigenvalue weighted by Crippen LogP contribution is -2.01. The first-order valence-corrected chi connectivity index (χ1v) is 12.9. The maximum atomic E-state index is 13.8. The van der Waals surface area contributed by atoms with Crippen molar-refractivity contribution >= 4 is 21.6 Å². The van der Waals surface area contributed by atoms with Gasteiger partial charge >= 0.3 is 0 Å². The predicted molar refractivity (Wildman–Crippen MR) is 153 cm³/mol. The van der Waals surface area contributed by atoms with E-state index in [1.165, 1.54) is 18.2 Å². The summed E-state index contributed by atoms with van der Waals surface area (Å²) in [5.41, 5.74) is 11.7. The average molecular weight is 585 g/mol. The van der Waals surface area contributed by atoms with Crippen LogP contribution in [0.25, 0.3) is 22.3 Å². The number of hydrogen-bond acceptors (Lipinski definition) is 5. The van der Waals surface area contributed by atoms with E-state index in [4.69, 9.17) is 15.2 Å². The molecule has 0 amide bonds. The average Bonchev–Trinajstić information content (AvgIpc) is 2.91. The number of nitrogen functional groups attached to an aromatic ring is 1. The molecule has 0 bridgehead atoms. The van der Waals surface area contributed by atoms with Crippen LogP contribution in [0.4, 0.5) is 14.5 Å². The van der Waals surface area contributed by atoms with E-state index in [1.807, 2.05) is 33.8 Å². The standard InChI is InChI=1S/C15H15BrFNO.C15H17FN2O/c1-9(2)12-7-11(17)8-13(15(12)16)10-4-5-18-14(6-10)19-3;1-9(2)12-7-11(16)8-13(15(12)17)10-4-5-18-14(6-10)19-3/h4-9H,1-3H3;4-9H,17H2,1-3H3. The van der Waals surface area contributed by atoms with Gasteiger partial charge in [-0.3, -0.25) is 0 Å². The molecule has 4 rings (SSSR count). The molecule has 38 heavy (non-hydrogen) atoms. The van der Waals surface area contributed by atoms with Crippen molar-refractivity contribution in [1.82, 2.24) is 9.97 Å². The highest BCUT2D eigenvalue weighted by Crippen LogP contribution is 2.36. The van der Waals surface area contributed by atoms with E-state index in [0.717, 1.165) is 32.3 Å². The van der Waals surface area contributed by atoms with Gasteiger partial charge in [0.05, 0.1) is 14.2 Å². The van der Waals surface area contributed by atoms with Crippen molar-refractivity contribution in [2.45, 2.75) is 39.5 Å². The van der Waals surface area contributed by atoms with Gasteiger partial charge in [0, 0.05) is 40.2 Å². The van der Waals surface area contributed by atoms with Gasteiger partial charge < -0.3 is 15.2 Å². The quantitative estimate of drug-likeness (QED) is 0.231. The number of aromatic nitrogens is 2. The fraction of sp³-hybridized carbons (Fsp3) is 0.267. The summed E-state index contributed by atoms with van der Waals surface area (Å²) >= 11 is 3.57. The molecule has 0 radical (unpaired) electrons. The summed E-state index contributed by atoms with van der Waals surface area (Å²) in [7, 11) is 3.10. The first-order chi connectivity index (χ1) is 18.0. The zero-order chi connectivity index (χ0) is 28.0. The SMILES string of the molecule is COc1cc(-c2cc(F)cc(C(C)C)c2Br)ccn1.COc1cc(-c2cc(F)cc(C(C)C)c2N)ccn1. The van der Waals surface area contributed by atoms with Crippen LogP contribution < -0.4 is 15.2 Å². The highest BCUT2D eigenvalue weighted by Gasteiger charge is 2.15. The normalized spacial score (nSPS) is 10.8. The molecule has 2 heterocycles. The number of halogens is 3. The number of nitrogens with two attached hydrogens (primary N) is 1. The second kappa shape index (κ2) is 12.8. The molecule has 0 saturated carbocycles. The largest absolute Gasteiger partial charge is 0.481 e. The summed E-state index contributed by atoms with van der Waals surface area (Å²) < 4.78 is 38.6. The Morgan fingerprint density at radius 2 is 1.16 bits per heavy atom. The maximum absolute atomic E-state index is 13.8. The Balaban J connectivity index is 0.000000211. The van der Waals surface area contributed by atoms with Crippen LogP contribution in [0.15, 0.2) is 65.4 Å². The summed E-state index contributed by atoms with van der Waals surface area (Å²) in [6, 6.07) is 13.2.